The lowest BCUT2D eigenvalue weighted by Crippen LogP contribution is -2.05. The Morgan fingerprint density at radius 2 is 2.05 bits per heavy atom. The van der Waals surface area contributed by atoms with E-state index in [1.54, 1.807) is 23.0 Å². The van der Waals surface area contributed by atoms with Crippen LogP contribution >= 0.6 is 0 Å². The molecule has 2 rings (SSSR count). The molecule has 1 aromatic carbocycles. The summed E-state index contributed by atoms with van der Waals surface area (Å²) < 4.78 is 1.77. The summed E-state index contributed by atoms with van der Waals surface area (Å²) in [4.78, 5) is 25.3. The van der Waals surface area contributed by atoms with Gasteiger partial charge in [0.1, 0.15) is 0 Å². The van der Waals surface area contributed by atoms with Crippen LogP contribution in [0.2, 0.25) is 0 Å². The Labute approximate surface area is 110 Å². The van der Waals surface area contributed by atoms with Gasteiger partial charge >= 0.3 is 0 Å². The second kappa shape index (κ2) is 5.77. The van der Waals surface area contributed by atoms with E-state index >= 15 is 0 Å². The van der Waals surface area contributed by atoms with Gasteiger partial charge in [0.05, 0.1) is 0 Å². The number of primary amides is 1. The predicted octanol–water partition coefficient (Wildman–Crippen LogP) is 1.24. The van der Waals surface area contributed by atoms with Crippen molar-refractivity contribution in [3.8, 4) is 0 Å². The van der Waals surface area contributed by atoms with Gasteiger partial charge in [-0.25, -0.2) is 4.98 Å². The van der Waals surface area contributed by atoms with Crippen LogP contribution in [0.1, 0.15) is 21.7 Å². The van der Waals surface area contributed by atoms with E-state index in [1.165, 1.54) is 6.08 Å². The van der Waals surface area contributed by atoms with Crippen LogP contribution < -0.4 is 5.73 Å². The van der Waals surface area contributed by atoms with Gasteiger partial charge in [-0.3, -0.25) is 9.59 Å². The van der Waals surface area contributed by atoms with Crippen LogP contribution in [-0.4, -0.2) is 21.7 Å². The molecule has 0 atom stereocenters. The van der Waals surface area contributed by atoms with E-state index in [4.69, 9.17) is 5.73 Å². The lowest BCUT2D eigenvalue weighted by atomic mass is 10.1. The van der Waals surface area contributed by atoms with Crippen LogP contribution in [0, 0.1) is 0 Å². The van der Waals surface area contributed by atoms with Crippen LogP contribution in [-0.2, 0) is 11.3 Å². The van der Waals surface area contributed by atoms with E-state index in [0.717, 1.165) is 17.4 Å². The first-order chi connectivity index (χ1) is 9.19. The second-order valence-electron chi connectivity index (χ2n) is 4.01. The highest BCUT2D eigenvalue weighted by atomic mass is 16.1. The quantitative estimate of drug-likeness (QED) is 0.645. The number of aromatic nitrogens is 2. The van der Waals surface area contributed by atoms with Gasteiger partial charge in [0.2, 0.25) is 5.91 Å². The van der Waals surface area contributed by atoms with Crippen molar-refractivity contribution in [2.24, 2.45) is 5.73 Å². The summed E-state index contributed by atoms with van der Waals surface area (Å²) >= 11 is 0. The monoisotopic (exact) mass is 255 g/mol. The van der Waals surface area contributed by atoms with E-state index in [9.17, 15) is 9.59 Å². The highest BCUT2D eigenvalue weighted by Gasteiger charge is 2.01. The Kier molecular flexibility index (Phi) is 3.87. The molecule has 1 amide bonds. The first kappa shape index (κ1) is 12.8. The van der Waals surface area contributed by atoms with Gasteiger partial charge in [0.25, 0.3) is 0 Å². The molecule has 2 aromatic rings. The van der Waals surface area contributed by atoms with Crippen LogP contribution in [0.5, 0.6) is 0 Å². The smallest absolute Gasteiger partial charge is 0.241 e. The molecule has 1 heterocycles. The number of nitrogens with zero attached hydrogens (tertiary/aromatic N) is 2. The van der Waals surface area contributed by atoms with Crippen molar-refractivity contribution in [3.63, 3.8) is 0 Å². The molecule has 0 aliphatic carbocycles. The fourth-order valence-corrected chi connectivity index (χ4v) is 1.68. The Balaban J connectivity index is 2.11. The Morgan fingerprint density at radius 1 is 1.32 bits per heavy atom. The van der Waals surface area contributed by atoms with Crippen molar-refractivity contribution < 1.29 is 9.59 Å². The van der Waals surface area contributed by atoms with E-state index < -0.39 is 5.91 Å². The molecule has 0 spiro atoms. The SMILES string of the molecule is NC(=O)C=Cc1ccc(Cn2ccnc2C=O)cc1. The van der Waals surface area contributed by atoms with Crippen LogP contribution in [0.15, 0.2) is 42.7 Å². The predicted molar refractivity (Wildman–Crippen MR) is 71.4 cm³/mol. The lowest BCUT2D eigenvalue weighted by Gasteiger charge is -2.04. The molecule has 0 saturated heterocycles. The molecule has 0 aliphatic heterocycles. The maximum absolute atomic E-state index is 10.7. The lowest BCUT2D eigenvalue weighted by molar-refractivity contribution is -0.113. The largest absolute Gasteiger partial charge is 0.366 e. The van der Waals surface area contributed by atoms with Gasteiger partial charge in [-0.05, 0) is 17.2 Å². The van der Waals surface area contributed by atoms with Crippen molar-refractivity contribution in [2.75, 3.05) is 0 Å². The van der Waals surface area contributed by atoms with Crippen LogP contribution in [0.4, 0.5) is 0 Å². The molecule has 0 bridgehead atoms. The first-order valence-corrected chi connectivity index (χ1v) is 5.72. The zero-order valence-electron chi connectivity index (χ0n) is 10.2. The average Bonchev–Trinajstić information content (AvgIpc) is 2.85. The minimum absolute atomic E-state index is 0.401. The molecule has 0 radical (unpaired) electrons. The minimum atomic E-state index is -0.474. The van der Waals surface area contributed by atoms with Gasteiger partial charge in [-0.1, -0.05) is 24.3 Å². The van der Waals surface area contributed by atoms with E-state index in [1.807, 2.05) is 24.3 Å². The summed E-state index contributed by atoms with van der Waals surface area (Å²) in [7, 11) is 0. The van der Waals surface area contributed by atoms with Gasteiger partial charge < -0.3 is 10.3 Å². The first-order valence-electron chi connectivity index (χ1n) is 5.72. The maximum atomic E-state index is 10.7. The highest BCUT2D eigenvalue weighted by Crippen LogP contribution is 2.08. The summed E-state index contributed by atoms with van der Waals surface area (Å²) in [5.41, 5.74) is 6.95. The van der Waals surface area contributed by atoms with Gasteiger partial charge in [-0.15, -0.1) is 0 Å². The number of aldehydes is 1. The Hall–Kier alpha value is -2.69. The molecule has 0 aliphatic rings. The van der Waals surface area contributed by atoms with Gasteiger partial charge in [-0.2, -0.15) is 0 Å². The maximum Gasteiger partial charge on any atom is 0.241 e. The van der Waals surface area contributed by atoms with Crippen molar-refractivity contribution in [3.05, 3.63) is 59.7 Å². The Morgan fingerprint density at radius 3 is 2.68 bits per heavy atom. The third kappa shape index (κ3) is 3.38. The fraction of sp³-hybridized carbons (Fsp3) is 0.0714. The standard InChI is InChI=1S/C14H13N3O2/c15-13(19)6-5-11-1-3-12(4-2-11)9-17-8-7-16-14(17)10-18/h1-8,10H,9H2,(H2,15,19). The number of nitrogens with two attached hydrogens (primary N) is 1. The number of carbonyl (C=O) groups is 2. The molecule has 0 fully saturated rings. The number of hydrogen-bond acceptors (Lipinski definition) is 3. The van der Waals surface area contributed by atoms with Crippen LogP contribution in [0.25, 0.3) is 6.08 Å². The molecule has 5 nitrogen and oxygen atoms in total. The summed E-state index contributed by atoms with van der Waals surface area (Å²) in [6, 6.07) is 7.61. The molecule has 1 aromatic heterocycles. The number of hydrogen-bond donors (Lipinski definition) is 1. The number of benzene rings is 1. The van der Waals surface area contributed by atoms with Crippen LogP contribution in [0.3, 0.4) is 0 Å². The third-order valence-electron chi connectivity index (χ3n) is 2.63. The number of amides is 1. The van der Waals surface area contributed by atoms with Gasteiger partial charge in [0, 0.05) is 25.0 Å². The molecular weight excluding hydrogens is 242 g/mol. The van der Waals surface area contributed by atoms with E-state index in [0.29, 0.717) is 12.4 Å². The highest BCUT2D eigenvalue weighted by molar-refractivity contribution is 5.90. The molecular formula is C14H13N3O2. The van der Waals surface area contributed by atoms with Gasteiger partial charge in [0.15, 0.2) is 12.1 Å². The summed E-state index contributed by atoms with van der Waals surface area (Å²) in [5.74, 6) is -0.0733. The fourth-order valence-electron chi connectivity index (χ4n) is 1.68. The average molecular weight is 255 g/mol. The van der Waals surface area contributed by atoms with E-state index in [-0.39, 0.29) is 0 Å². The molecule has 2 N–H and O–H groups in total. The van der Waals surface area contributed by atoms with Crippen molar-refractivity contribution in [1.29, 1.82) is 0 Å². The second-order valence-corrected chi connectivity index (χ2v) is 4.01. The normalized spacial score (nSPS) is 10.7. The summed E-state index contributed by atoms with van der Waals surface area (Å²) in [5, 5.41) is 0. The van der Waals surface area contributed by atoms with Crippen molar-refractivity contribution in [1.82, 2.24) is 9.55 Å². The molecule has 5 heteroatoms. The molecule has 0 unspecified atom stereocenters. The number of imidazole rings is 1. The molecule has 96 valence electrons. The Bertz CT molecular complexity index is 612. The molecule has 19 heavy (non-hydrogen) atoms. The number of carbonyl (C=O) groups excluding carboxylic acids is 2. The zero-order chi connectivity index (χ0) is 13.7. The van der Waals surface area contributed by atoms with E-state index in [2.05, 4.69) is 4.98 Å². The van der Waals surface area contributed by atoms with Crippen molar-refractivity contribution in [2.45, 2.75) is 6.54 Å². The minimum Gasteiger partial charge on any atom is -0.366 e. The van der Waals surface area contributed by atoms with Crippen molar-refractivity contribution >= 4 is 18.3 Å². The summed E-state index contributed by atoms with van der Waals surface area (Å²) in [6.45, 7) is 0.577. The summed E-state index contributed by atoms with van der Waals surface area (Å²) in [6.07, 6.45) is 7.04. The third-order valence-corrected chi connectivity index (χ3v) is 2.63. The zero-order valence-corrected chi connectivity index (χ0v) is 10.2. The molecule has 0 saturated carbocycles. The topological polar surface area (TPSA) is 78.0 Å². The number of rotatable bonds is 5.